The molecule has 2 aliphatic heterocycles. The Morgan fingerprint density at radius 2 is 0.855 bits per heavy atom. The lowest BCUT2D eigenvalue weighted by atomic mass is 9.95. The molecule has 2 aliphatic rings. The summed E-state index contributed by atoms with van der Waals surface area (Å²) in [4.78, 5) is 25.5. The molecule has 0 aromatic carbocycles. The molecular weight excluding hydrogens is 977 g/mol. The Morgan fingerprint density at radius 1 is 0.487 bits per heavy atom. The Labute approximate surface area is 459 Å². The molecule has 2 fully saturated rings. The maximum Gasteiger partial charge on any atom is 0.249 e. The van der Waals surface area contributed by atoms with Crippen LogP contribution in [0.3, 0.4) is 0 Å². The molecule has 0 saturated carbocycles. The Morgan fingerprint density at radius 3 is 1.25 bits per heavy atom. The highest BCUT2D eigenvalue weighted by atomic mass is 16.7. The van der Waals surface area contributed by atoms with Crippen LogP contribution in [0.5, 0.6) is 0 Å². The van der Waals surface area contributed by atoms with E-state index in [9.17, 15) is 55.5 Å². The lowest BCUT2D eigenvalue weighted by Crippen LogP contribution is -2.68. The topological polar surface area (TPSA) is 277 Å². The summed E-state index contributed by atoms with van der Waals surface area (Å²) in [6.45, 7) is 3.58. The number of aliphatic hydroxyl groups is 9. The highest BCUT2D eigenvalue weighted by molar-refractivity contribution is 5.80. The molecule has 450 valence electrons. The Balaban J connectivity index is 1.91. The first-order valence-electron chi connectivity index (χ1n) is 30.9. The quantitative estimate of drug-likeness (QED) is 0.0259. The average molecular weight is 1090 g/mol. The first kappa shape index (κ1) is 70.5. The smallest absolute Gasteiger partial charge is 0.249 e. The molecule has 0 radical (unpaired) electrons. The van der Waals surface area contributed by atoms with Crippen LogP contribution in [0.15, 0.2) is 0 Å². The molecule has 17 nitrogen and oxygen atoms in total. The van der Waals surface area contributed by atoms with Crippen molar-refractivity contribution in [2.45, 2.75) is 344 Å². The molecule has 0 aromatic rings. The van der Waals surface area contributed by atoms with Crippen LogP contribution in [0.4, 0.5) is 0 Å². The maximum absolute atomic E-state index is 13.5. The summed E-state index contributed by atoms with van der Waals surface area (Å²) in [6, 6.07) is -2.72. The molecule has 0 spiro atoms. The van der Waals surface area contributed by atoms with E-state index in [0.29, 0.717) is 12.8 Å². The number of carbonyl (C=O) groups excluding carboxylic acids is 2. The number of hydrogen-bond donors (Lipinski definition) is 11. The van der Waals surface area contributed by atoms with E-state index < -0.39 is 117 Å². The van der Waals surface area contributed by atoms with Gasteiger partial charge in [0, 0.05) is 6.92 Å². The number of unbranched alkanes of at least 4 members (excludes halogenated alkanes) is 33. The van der Waals surface area contributed by atoms with E-state index in [1.54, 1.807) is 0 Å². The van der Waals surface area contributed by atoms with Crippen LogP contribution in [-0.4, -0.2) is 163 Å². The van der Waals surface area contributed by atoms with Gasteiger partial charge in [-0.1, -0.05) is 239 Å². The van der Waals surface area contributed by atoms with Crippen molar-refractivity contribution >= 4 is 11.8 Å². The minimum atomic E-state index is -1.85. The van der Waals surface area contributed by atoms with Crippen molar-refractivity contribution in [2.24, 2.45) is 0 Å². The molecule has 11 N–H and O–H groups in total. The first-order chi connectivity index (χ1) is 36.8. The fraction of sp³-hybridized carbons (Fsp3) is 0.966. The first-order valence-corrected chi connectivity index (χ1v) is 30.9. The van der Waals surface area contributed by atoms with Crippen LogP contribution in [0.25, 0.3) is 0 Å². The lowest BCUT2D eigenvalue weighted by Gasteiger charge is -2.47. The third-order valence-electron chi connectivity index (χ3n) is 15.7. The Hall–Kier alpha value is -1.58. The zero-order chi connectivity index (χ0) is 55.8. The monoisotopic (exact) mass is 1090 g/mol. The zero-order valence-electron chi connectivity index (χ0n) is 47.8. The van der Waals surface area contributed by atoms with Crippen molar-refractivity contribution in [1.82, 2.24) is 10.6 Å². The molecule has 2 saturated heterocycles. The summed E-state index contributed by atoms with van der Waals surface area (Å²) < 4.78 is 23.2. The maximum atomic E-state index is 13.5. The summed E-state index contributed by atoms with van der Waals surface area (Å²) in [6.07, 6.45) is 24.1. The van der Waals surface area contributed by atoms with Crippen LogP contribution in [0, 0.1) is 0 Å². The van der Waals surface area contributed by atoms with Gasteiger partial charge in [-0.3, -0.25) is 9.59 Å². The van der Waals surface area contributed by atoms with Gasteiger partial charge in [0.15, 0.2) is 12.6 Å². The zero-order valence-corrected chi connectivity index (χ0v) is 47.8. The van der Waals surface area contributed by atoms with Gasteiger partial charge < -0.3 is 75.5 Å². The summed E-state index contributed by atoms with van der Waals surface area (Å²) in [7, 11) is 0. The van der Waals surface area contributed by atoms with E-state index in [1.165, 1.54) is 161 Å². The van der Waals surface area contributed by atoms with Crippen LogP contribution in [0.2, 0.25) is 0 Å². The van der Waals surface area contributed by atoms with Gasteiger partial charge in [0.25, 0.3) is 0 Å². The van der Waals surface area contributed by atoms with E-state index >= 15 is 0 Å². The van der Waals surface area contributed by atoms with Crippen molar-refractivity contribution in [3.8, 4) is 0 Å². The number of rotatable bonds is 49. The van der Waals surface area contributed by atoms with Crippen molar-refractivity contribution < 1.29 is 74.5 Å². The van der Waals surface area contributed by atoms with E-state index in [1.807, 2.05) is 0 Å². The van der Waals surface area contributed by atoms with E-state index in [2.05, 4.69) is 24.5 Å². The highest BCUT2D eigenvalue weighted by Gasteiger charge is 2.51. The molecule has 0 aromatic heterocycles. The lowest BCUT2D eigenvalue weighted by molar-refractivity contribution is -0.348. The van der Waals surface area contributed by atoms with Crippen LogP contribution in [0.1, 0.15) is 258 Å². The molecule has 2 amide bonds. The van der Waals surface area contributed by atoms with Gasteiger partial charge in [0.2, 0.25) is 11.8 Å². The van der Waals surface area contributed by atoms with Crippen LogP contribution >= 0.6 is 0 Å². The van der Waals surface area contributed by atoms with Crippen LogP contribution < -0.4 is 10.6 Å². The minimum absolute atomic E-state index is 0.196. The standard InChI is InChI=1S/C59H114N2O15/c1-4-6-8-10-12-14-16-18-20-21-22-23-24-26-28-30-32-34-36-38-40-47(66)57(72)61-45(51(67)46(65)39-37-35-33-31-29-27-25-19-17-15-13-11-9-7-5-2)43-73-59-55(71)56(53(69)49(42-63)75-59)76-58-50(60-44(3)64)54(70)52(68)48(41-62)74-58/h45-56,58-59,62-63,65-71H,4-43H2,1-3H3,(H,60,64)(H,61,72). The van der Waals surface area contributed by atoms with Crippen molar-refractivity contribution in [2.75, 3.05) is 19.8 Å². The number of nitrogens with one attached hydrogen (secondary N) is 2. The summed E-state index contributed by atoms with van der Waals surface area (Å²) in [5.74, 6) is -1.39. The molecule has 14 unspecified atom stereocenters. The predicted molar refractivity (Wildman–Crippen MR) is 296 cm³/mol. The summed E-state index contributed by atoms with van der Waals surface area (Å²) in [5, 5.41) is 103. The number of aliphatic hydroxyl groups excluding tert-OH is 9. The van der Waals surface area contributed by atoms with Gasteiger partial charge in [0.05, 0.1) is 32.0 Å². The van der Waals surface area contributed by atoms with Crippen molar-refractivity contribution in [3.63, 3.8) is 0 Å². The molecule has 17 heteroatoms. The third-order valence-corrected chi connectivity index (χ3v) is 15.7. The largest absolute Gasteiger partial charge is 0.394 e. The number of amides is 2. The number of hydrogen-bond acceptors (Lipinski definition) is 15. The third kappa shape index (κ3) is 30.3. The molecule has 76 heavy (non-hydrogen) atoms. The average Bonchev–Trinajstić information content (AvgIpc) is 3.41. The molecule has 0 bridgehead atoms. The number of ether oxygens (including phenoxy) is 4. The second kappa shape index (κ2) is 45.1. The SMILES string of the molecule is CCCCCCCCCCCCCCCCCCCCCCC(O)C(=O)NC(COC1OC(CO)C(O)C(OC2OC(CO)C(O)C(O)C2NC(C)=O)C1O)C(O)C(O)CCCCCCCCCCCCCCCCC. The minimum Gasteiger partial charge on any atom is -0.394 e. The van der Waals surface area contributed by atoms with Gasteiger partial charge in [-0.05, 0) is 12.8 Å². The molecule has 2 rings (SSSR count). The molecule has 0 aliphatic carbocycles. The van der Waals surface area contributed by atoms with E-state index in [0.717, 1.165) is 58.3 Å². The summed E-state index contributed by atoms with van der Waals surface area (Å²) in [5.41, 5.74) is 0. The summed E-state index contributed by atoms with van der Waals surface area (Å²) >= 11 is 0. The second-order valence-electron chi connectivity index (χ2n) is 22.5. The fourth-order valence-electron chi connectivity index (χ4n) is 10.7. The second-order valence-corrected chi connectivity index (χ2v) is 22.5. The van der Waals surface area contributed by atoms with Gasteiger partial charge in [-0.15, -0.1) is 0 Å². The Bertz CT molecular complexity index is 1390. The Kier molecular flexibility index (Phi) is 41.8. The highest BCUT2D eigenvalue weighted by Crippen LogP contribution is 2.30. The fourth-order valence-corrected chi connectivity index (χ4v) is 10.7. The van der Waals surface area contributed by atoms with Gasteiger partial charge in [0.1, 0.15) is 61.0 Å². The predicted octanol–water partition coefficient (Wildman–Crippen LogP) is 7.81. The van der Waals surface area contributed by atoms with Gasteiger partial charge >= 0.3 is 0 Å². The van der Waals surface area contributed by atoms with Crippen molar-refractivity contribution in [3.05, 3.63) is 0 Å². The van der Waals surface area contributed by atoms with Gasteiger partial charge in [-0.2, -0.15) is 0 Å². The van der Waals surface area contributed by atoms with Crippen LogP contribution in [-0.2, 0) is 28.5 Å². The van der Waals surface area contributed by atoms with E-state index in [-0.39, 0.29) is 12.8 Å². The molecule has 14 atom stereocenters. The van der Waals surface area contributed by atoms with E-state index in [4.69, 9.17) is 18.9 Å². The molecule has 2 heterocycles. The normalized spacial score (nSPS) is 25.5. The molecular formula is C59H114N2O15. The number of carbonyl (C=O) groups is 2. The van der Waals surface area contributed by atoms with Gasteiger partial charge in [-0.25, -0.2) is 0 Å². The van der Waals surface area contributed by atoms with Crippen molar-refractivity contribution in [1.29, 1.82) is 0 Å².